The van der Waals surface area contributed by atoms with Crippen molar-refractivity contribution >= 4 is 34.1 Å². The summed E-state index contributed by atoms with van der Waals surface area (Å²) in [5.41, 5.74) is 9.92. The molecule has 11 nitrogen and oxygen atoms in total. The Morgan fingerprint density at radius 1 is 0.475 bits per heavy atom. The molecule has 9 rings (SSSR count). The number of carbonyl (C=O) groups excluding carboxylic acids is 2. The maximum absolute atomic E-state index is 13.9. The first-order valence-electron chi connectivity index (χ1n) is 19.5. The van der Waals surface area contributed by atoms with Crippen LogP contribution in [0.4, 0.5) is 11.4 Å². The topological polar surface area (TPSA) is 144 Å². The number of H-pyrrole nitrogens is 1. The van der Waals surface area contributed by atoms with Crippen LogP contribution in [0.15, 0.2) is 183 Å². The number of hydrogen-bond donors (Lipinski definition) is 3. The molecule has 0 aliphatic carbocycles. The minimum Gasteiger partial charge on any atom is -0.488 e. The van der Waals surface area contributed by atoms with Gasteiger partial charge in [0.15, 0.2) is 0 Å². The molecule has 0 spiro atoms. The molecule has 11 heteroatoms. The Bertz CT molecular complexity index is 2980. The van der Waals surface area contributed by atoms with Gasteiger partial charge in [-0.25, -0.2) is 0 Å². The van der Waals surface area contributed by atoms with E-state index in [1.165, 1.54) is 0 Å². The number of benzene rings is 5. The van der Waals surface area contributed by atoms with Crippen LogP contribution in [0.1, 0.15) is 31.8 Å². The van der Waals surface area contributed by atoms with E-state index in [-0.39, 0.29) is 18.4 Å². The van der Waals surface area contributed by atoms with E-state index in [0.717, 1.165) is 55.4 Å². The number of ether oxygens (including phenoxy) is 2. The van der Waals surface area contributed by atoms with Crippen molar-refractivity contribution in [2.24, 2.45) is 0 Å². The minimum absolute atomic E-state index is 0.176. The maximum Gasteiger partial charge on any atom is 0.259 e. The SMILES string of the molecule is O=C(Nc1cncc(-c2cccc(COc3cc(-c4ccc5[nH]ncc5c4)ccc3C(=O)Nc3cccnc3)c2)c1)c1ccc(-c2cccnc2)cc1OCc1ccccc1. The van der Waals surface area contributed by atoms with Gasteiger partial charge < -0.3 is 20.1 Å². The van der Waals surface area contributed by atoms with E-state index < -0.39 is 0 Å². The molecule has 0 bridgehead atoms. The van der Waals surface area contributed by atoms with Gasteiger partial charge in [-0.1, -0.05) is 72.8 Å². The van der Waals surface area contributed by atoms with Crippen LogP contribution in [0.2, 0.25) is 0 Å². The summed E-state index contributed by atoms with van der Waals surface area (Å²) in [7, 11) is 0. The molecule has 5 aromatic carbocycles. The zero-order chi connectivity index (χ0) is 41.4. The molecule has 9 aromatic rings. The van der Waals surface area contributed by atoms with E-state index in [4.69, 9.17) is 9.47 Å². The van der Waals surface area contributed by atoms with Gasteiger partial charge in [0.2, 0.25) is 0 Å². The number of aromatic nitrogens is 5. The fourth-order valence-corrected chi connectivity index (χ4v) is 6.91. The van der Waals surface area contributed by atoms with Crippen LogP contribution < -0.4 is 20.1 Å². The first-order chi connectivity index (χ1) is 30.0. The molecule has 4 heterocycles. The monoisotopic (exact) mass is 799 g/mol. The number of carbonyl (C=O) groups is 2. The van der Waals surface area contributed by atoms with Gasteiger partial charge in [0.25, 0.3) is 11.8 Å². The number of nitrogens with one attached hydrogen (secondary N) is 3. The lowest BCUT2D eigenvalue weighted by Gasteiger charge is -2.15. The first kappa shape index (κ1) is 38.1. The molecule has 0 aliphatic rings. The molecule has 0 atom stereocenters. The van der Waals surface area contributed by atoms with Gasteiger partial charge in [-0.15, -0.1) is 0 Å². The van der Waals surface area contributed by atoms with Crippen molar-refractivity contribution in [3.05, 3.63) is 205 Å². The number of pyridine rings is 3. The molecular weight excluding hydrogens is 763 g/mol. The second-order valence-electron chi connectivity index (χ2n) is 14.2. The van der Waals surface area contributed by atoms with Crippen molar-refractivity contribution < 1.29 is 19.1 Å². The summed E-state index contributed by atoms with van der Waals surface area (Å²) >= 11 is 0. The van der Waals surface area contributed by atoms with Crippen LogP contribution in [-0.4, -0.2) is 37.0 Å². The lowest BCUT2D eigenvalue weighted by molar-refractivity contribution is 0.101. The van der Waals surface area contributed by atoms with Gasteiger partial charge in [0.05, 0.1) is 46.6 Å². The summed E-state index contributed by atoms with van der Waals surface area (Å²) in [5, 5.41) is 14.0. The van der Waals surface area contributed by atoms with E-state index in [1.807, 2.05) is 115 Å². The predicted molar refractivity (Wildman–Crippen MR) is 236 cm³/mol. The van der Waals surface area contributed by atoms with E-state index in [2.05, 4.69) is 35.8 Å². The van der Waals surface area contributed by atoms with Crippen LogP contribution >= 0.6 is 0 Å². The van der Waals surface area contributed by atoms with Gasteiger partial charge in [-0.2, -0.15) is 5.10 Å². The molecule has 61 heavy (non-hydrogen) atoms. The molecule has 0 unspecified atom stereocenters. The van der Waals surface area contributed by atoms with Gasteiger partial charge in [0.1, 0.15) is 24.7 Å². The summed E-state index contributed by atoms with van der Waals surface area (Å²) in [4.78, 5) is 40.3. The largest absolute Gasteiger partial charge is 0.488 e. The van der Waals surface area contributed by atoms with Crippen LogP contribution in [-0.2, 0) is 13.2 Å². The van der Waals surface area contributed by atoms with Crippen molar-refractivity contribution in [2.45, 2.75) is 13.2 Å². The van der Waals surface area contributed by atoms with Gasteiger partial charge in [-0.3, -0.25) is 29.6 Å². The van der Waals surface area contributed by atoms with E-state index in [1.54, 1.807) is 67.6 Å². The van der Waals surface area contributed by atoms with Gasteiger partial charge >= 0.3 is 0 Å². The van der Waals surface area contributed by atoms with Crippen LogP contribution in [0.25, 0.3) is 44.3 Å². The molecule has 296 valence electrons. The normalized spacial score (nSPS) is 10.9. The highest BCUT2D eigenvalue weighted by Gasteiger charge is 2.18. The highest BCUT2D eigenvalue weighted by Crippen LogP contribution is 2.32. The number of hydrogen-bond acceptors (Lipinski definition) is 8. The average Bonchev–Trinajstić information content (AvgIpc) is 3.79. The molecule has 0 radical (unpaired) electrons. The second-order valence-corrected chi connectivity index (χ2v) is 14.2. The number of fused-ring (bicyclic) bond motifs is 1. The van der Waals surface area contributed by atoms with E-state index in [9.17, 15) is 9.59 Å². The Morgan fingerprint density at radius 3 is 1.82 bits per heavy atom. The summed E-state index contributed by atoms with van der Waals surface area (Å²) in [6, 6.07) is 44.0. The van der Waals surface area contributed by atoms with Crippen molar-refractivity contribution in [3.8, 4) is 44.9 Å². The fraction of sp³-hybridized carbons (Fsp3) is 0.0400. The van der Waals surface area contributed by atoms with E-state index in [0.29, 0.717) is 40.6 Å². The molecule has 0 aliphatic heterocycles. The smallest absolute Gasteiger partial charge is 0.259 e. The van der Waals surface area contributed by atoms with Crippen LogP contribution in [0, 0.1) is 0 Å². The maximum atomic E-state index is 13.9. The van der Waals surface area contributed by atoms with Crippen LogP contribution in [0.5, 0.6) is 11.5 Å². The number of nitrogens with zero attached hydrogens (tertiary/aromatic N) is 4. The summed E-state index contributed by atoms with van der Waals surface area (Å²) < 4.78 is 12.7. The minimum atomic E-state index is -0.336. The number of rotatable bonds is 13. The average molecular weight is 800 g/mol. The van der Waals surface area contributed by atoms with Crippen molar-refractivity contribution in [1.82, 2.24) is 25.1 Å². The predicted octanol–water partition coefficient (Wildman–Crippen LogP) is 10.4. The Kier molecular flexibility index (Phi) is 11.0. The first-order valence-corrected chi connectivity index (χ1v) is 19.5. The third-order valence-electron chi connectivity index (χ3n) is 10.0. The Hall–Kier alpha value is -8.44. The van der Waals surface area contributed by atoms with Crippen LogP contribution in [0.3, 0.4) is 0 Å². The molecule has 0 saturated heterocycles. The summed E-state index contributed by atoms with van der Waals surface area (Å²) in [5.74, 6) is 0.209. The number of anilines is 2. The molecular formula is C50H37N7O4. The molecule has 2 amide bonds. The third kappa shape index (κ3) is 9.01. The van der Waals surface area contributed by atoms with Crippen molar-refractivity contribution in [1.29, 1.82) is 0 Å². The zero-order valence-corrected chi connectivity index (χ0v) is 32.7. The van der Waals surface area contributed by atoms with E-state index >= 15 is 0 Å². The lowest BCUT2D eigenvalue weighted by atomic mass is 10.0. The molecule has 0 saturated carbocycles. The van der Waals surface area contributed by atoms with Gasteiger partial charge in [0, 0.05) is 41.3 Å². The quantitative estimate of drug-likeness (QED) is 0.105. The molecule has 4 aromatic heterocycles. The summed E-state index contributed by atoms with van der Waals surface area (Å²) in [6.07, 6.45) is 11.9. The Morgan fingerprint density at radius 2 is 1.08 bits per heavy atom. The fourth-order valence-electron chi connectivity index (χ4n) is 6.91. The Labute approximate surface area is 351 Å². The second kappa shape index (κ2) is 17.6. The lowest BCUT2D eigenvalue weighted by Crippen LogP contribution is -2.14. The van der Waals surface area contributed by atoms with Gasteiger partial charge in [-0.05, 0) is 100 Å². The highest BCUT2D eigenvalue weighted by molar-refractivity contribution is 6.07. The zero-order valence-electron chi connectivity index (χ0n) is 32.7. The molecule has 3 N–H and O–H groups in total. The number of amides is 2. The van der Waals surface area contributed by atoms with Crippen molar-refractivity contribution in [2.75, 3.05) is 10.6 Å². The summed E-state index contributed by atoms with van der Waals surface area (Å²) in [6.45, 7) is 0.470. The third-order valence-corrected chi connectivity index (χ3v) is 10.0. The highest BCUT2D eigenvalue weighted by atomic mass is 16.5. The Balaban J connectivity index is 0.943. The molecule has 0 fully saturated rings. The number of aromatic amines is 1. The van der Waals surface area contributed by atoms with Crippen molar-refractivity contribution in [3.63, 3.8) is 0 Å². The standard InChI is InChI=1S/C50H37N7O4/c58-49(55-42-12-6-20-52-29-42)44-16-13-37(36-15-18-46-41(22-36)28-54-57-46)24-47(44)61-32-34-9-4-10-35(21-34)40-23-43(30-53-27-40)56-50(59)45-17-14-38(39-11-5-19-51-26-39)25-48(45)60-31-33-7-2-1-3-8-33/h1-30H,31-32H2,(H,54,57)(H,55,58)(H,56,59).